The lowest BCUT2D eigenvalue weighted by Crippen LogP contribution is -2.28. The number of hydrogen-bond acceptors (Lipinski definition) is 4. The molecule has 30 heavy (non-hydrogen) atoms. The minimum Gasteiger partial charge on any atom is -0.322 e. The molecule has 7 nitrogen and oxygen atoms in total. The first-order valence-electron chi connectivity index (χ1n) is 9.25. The first kappa shape index (κ1) is 20.5. The van der Waals surface area contributed by atoms with Crippen LogP contribution in [0.15, 0.2) is 60.0 Å². The van der Waals surface area contributed by atoms with Gasteiger partial charge in [0.1, 0.15) is 5.82 Å². The Balaban J connectivity index is 1.58. The van der Waals surface area contributed by atoms with E-state index in [1.165, 1.54) is 57.8 Å². The molecule has 156 valence electrons. The summed E-state index contributed by atoms with van der Waals surface area (Å²) in [5.74, 6) is -1.18. The van der Waals surface area contributed by atoms with Gasteiger partial charge in [0.15, 0.2) is 0 Å². The van der Waals surface area contributed by atoms with Crippen molar-refractivity contribution in [1.29, 1.82) is 0 Å². The average Bonchev–Trinajstić information content (AvgIpc) is 3.43. The van der Waals surface area contributed by atoms with Gasteiger partial charge >= 0.3 is 0 Å². The van der Waals surface area contributed by atoms with Crippen molar-refractivity contribution in [1.82, 2.24) is 13.9 Å². The minimum absolute atomic E-state index is 0.000543. The standard InChI is InChI=1S/C20H18ClFN4O3S/c21-17-5-4-15(30(28,29)26-8-1-2-9-26)12-16(17)20(27)24-14-3-6-19(18(22)11-14)25-10-7-23-13-25/h3-7,10-13H,1-2,8-9H2,(H,24,27). The molecule has 0 saturated carbocycles. The molecule has 3 aromatic rings. The summed E-state index contributed by atoms with van der Waals surface area (Å²) in [4.78, 5) is 16.6. The third kappa shape index (κ3) is 3.96. The largest absolute Gasteiger partial charge is 0.322 e. The van der Waals surface area contributed by atoms with Gasteiger partial charge in [-0.3, -0.25) is 4.79 Å². The van der Waals surface area contributed by atoms with E-state index in [2.05, 4.69) is 10.3 Å². The van der Waals surface area contributed by atoms with Crippen LogP contribution >= 0.6 is 11.6 Å². The zero-order valence-corrected chi connectivity index (χ0v) is 17.3. The van der Waals surface area contributed by atoms with Crippen LogP contribution in [-0.2, 0) is 10.0 Å². The molecular weight excluding hydrogens is 431 g/mol. The molecule has 0 radical (unpaired) electrons. The molecule has 1 aromatic heterocycles. The number of carbonyl (C=O) groups excluding carboxylic acids is 1. The number of nitrogens with one attached hydrogen (secondary N) is 1. The monoisotopic (exact) mass is 448 g/mol. The molecule has 1 aliphatic heterocycles. The summed E-state index contributed by atoms with van der Waals surface area (Å²) in [7, 11) is -3.70. The Bertz CT molecular complexity index is 1190. The van der Waals surface area contributed by atoms with E-state index in [0.29, 0.717) is 13.1 Å². The fraction of sp³-hybridized carbons (Fsp3) is 0.200. The van der Waals surface area contributed by atoms with Crippen molar-refractivity contribution in [3.63, 3.8) is 0 Å². The maximum absolute atomic E-state index is 14.4. The van der Waals surface area contributed by atoms with Gasteiger partial charge in [0.2, 0.25) is 10.0 Å². The predicted octanol–water partition coefficient (Wildman–Crippen LogP) is 3.70. The number of rotatable bonds is 5. The number of nitrogens with zero attached hydrogens (tertiary/aromatic N) is 3. The molecule has 2 aromatic carbocycles. The van der Waals surface area contributed by atoms with E-state index in [1.54, 1.807) is 6.20 Å². The van der Waals surface area contributed by atoms with E-state index in [4.69, 9.17) is 11.6 Å². The van der Waals surface area contributed by atoms with Crippen molar-refractivity contribution in [2.45, 2.75) is 17.7 Å². The Kier molecular flexibility index (Phi) is 5.59. The van der Waals surface area contributed by atoms with Crippen molar-refractivity contribution in [2.75, 3.05) is 18.4 Å². The molecule has 1 N–H and O–H groups in total. The molecule has 10 heteroatoms. The number of benzene rings is 2. The van der Waals surface area contributed by atoms with Gasteiger partial charge < -0.3 is 9.88 Å². The van der Waals surface area contributed by atoms with Crippen LogP contribution in [0.2, 0.25) is 5.02 Å². The molecule has 0 atom stereocenters. The number of carbonyl (C=O) groups is 1. The molecule has 1 aliphatic rings. The van der Waals surface area contributed by atoms with Crippen LogP contribution in [-0.4, -0.2) is 41.3 Å². The zero-order chi connectivity index (χ0) is 21.3. The third-order valence-corrected chi connectivity index (χ3v) is 7.10. The van der Waals surface area contributed by atoms with E-state index in [0.717, 1.165) is 12.8 Å². The van der Waals surface area contributed by atoms with E-state index >= 15 is 0 Å². The topological polar surface area (TPSA) is 84.3 Å². The zero-order valence-electron chi connectivity index (χ0n) is 15.8. The smallest absolute Gasteiger partial charge is 0.257 e. The molecule has 2 heterocycles. The van der Waals surface area contributed by atoms with E-state index in [-0.39, 0.29) is 26.9 Å². The summed E-state index contributed by atoms with van der Waals surface area (Å²) >= 11 is 6.14. The lowest BCUT2D eigenvalue weighted by Gasteiger charge is -2.16. The summed E-state index contributed by atoms with van der Waals surface area (Å²) in [6.07, 6.45) is 6.20. The van der Waals surface area contributed by atoms with Gasteiger partial charge in [0, 0.05) is 31.2 Å². The number of aromatic nitrogens is 2. The second-order valence-corrected chi connectivity index (χ2v) is 9.19. The first-order valence-corrected chi connectivity index (χ1v) is 11.1. The molecular formula is C20H18ClFN4O3S. The molecule has 0 unspecified atom stereocenters. The summed E-state index contributed by atoms with van der Waals surface area (Å²) < 4.78 is 42.9. The highest BCUT2D eigenvalue weighted by Gasteiger charge is 2.28. The highest BCUT2D eigenvalue weighted by molar-refractivity contribution is 7.89. The predicted molar refractivity (Wildman–Crippen MR) is 111 cm³/mol. The Morgan fingerprint density at radius 2 is 1.90 bits per heavy atom. The second kappa shape index (κ2) is 8.17. The van der Waals surface area contributed by atoms with Gasteiger partial charge in [-0.25, -0.2) is 17.8 Å². The van der Waals surface area contributed by atoms with Gasteiger partial charge in [-0.15, -0.1) is 0 Å². The van der Waals surface area contributed by atoms with Gasteiger partial charge in [-0.1, -0.05) is 11.6 Å². The number of imidazole rings is 1. The highest BCUT2D eigenvalue weighted by Crippen LogP contribution is 2.26. The second-order valence-electron chi connectivity index (χ2n) is 6.84. The van der Waals surface area contributed by atoms with Gasteiger partial charge in [-0.2, -0.15) is 4.31 Å². The average molecular weight is 449 g/mol. The Morgan fingerprint density at radius 3 is 2.57 bits per heavy atom. The lowest BCUT2D eigenvalue weighted by atomic mass is 10.2. The van der Waals surface area contributed by atoms with Crippen molar-refractivity contribution in [3.05, 3.63) is 71.5 Å². The van der Waals surface area contributed by atoms with Crippen LogP contribution in [0.3, 0.4) is 0 Å². The van der Waals surface area contributed by atoms with Gasteiger partial charge in [0.05, 0.1) is 27.5 Å². The maximum atomic E-state index is 14.4. The van der Waals surface area contributed by atoms with E-state index in [1.807, 2.05) is 0 Å². The van der Waals surface area contributed by atoms with Crippen LogP contribution in [0.5, 0.6) is 0 Å². The van der Waals surface area contributed by atoms with Crippen molar-refractivity contribution in [3.8, 4) is 5.69 Å². The van der Waals surface area contributed by atoms with Crippen LogP contribution in [0.1, 0.15) is 23.2 Å². The van der Waals surface area contributed by atoms with E-state index < -0.39 is 21.7 Å². The first-order chi connectivity index (χ1) is 14.4. The highest BCUT2D eigenvalue weighted by atomic mass is 35.5. The quantitative estimate of drug-likeness (QED) is 0.645. The number of sulfonamides is 1. The van der Waals surface area contributed by atoms with Crippen molar-refractivity contribution >= 4 is 33.2 Å². The Morgan fingerprint density at radius 1 is 1.13 bits per heavy atom. The summed E-state index contributed by atoms with van der Waals surface area (Å²) in [6.45, 7) is 0.907. The maximum Gasteiger partial charge on any atom is 0.257 e. The number of halogens is 2. The number of hydrogen-bond donors (Lipinski definition) is 1. The lowest BCUT2D eigenvalue weighted by molar-refractivity contribution is 0.102. The van der Waals surface area contributed by atoms with Crippen molar-refractivity contribution in [2.24, 2.45) is 0 Å². The Labute approximate surface area is 178 Å². The Hall–Kier alpha value is -2.75. The van der Waals surface area contributed by atoms with Gasteiger partial charge in [-0.05, 0) is 49.2 Å². The van der Waals surface area contributed by atoms with Crippen molar-refractivity contribution < 1.29 is 17.6 Å². The fourth-order valence-electron chi connectivity index (χ4n) is 3.31. The summed E-state index contributed by atoms with van der Waals surface area (Å²) in [5, 5.41) is 2.66. The molecule has 0 spiro atoms. The number of amides is 1. The summed E-state index contributed by atoms with van der Waals surface area (Å²) in [5.41, 5.74) is 0.489. The molecule has 4 rings (SSSR count). The molecule has 1 amide bonds. The van der Waals surface area contributed by atoms with Crippen LogP contribution in [0, 0.1) is 5.82 Å². The van der Waals surface area contributed by atoms with E-state index in [9.17, 15) is 17.6 Å². The molecule has 0 bridgehead atoms. The van der Waals surface area contributed by atoms with Crippen LogP contribution < -0.4 is 5.32 Å². The molecule has 1 saturated heterocycles. The van der Waals surface area contributed by atoms with Crippen LogP contribution in [0.25, 0.3) is 5.69 Å². The fourth-order valence-corrected chi connectivity index (χ4v) is 5.06. The third-order valence-electron chi connectivity index (χ3n) is 4.87. The SMILES string of the molecule is O=C(Nc1ccc(-n2ccnc2)c(F)c1)c1cc(S(=O)(=O)N2CCCC2)ccc1Cl. The summed E-state index contributed by atoms with van der Waals surface area (Å²) in [6, 6.07) is 8.22. The molecule has 1 fully saturated rings. The number of anilines is 1. The minimum atomic E-state index is -3.70. The van der Waals surface area contributed by atoms with Gasteiger partial charge in [0.25, 0.3) is 5.91 Å². The van der Waals surface area contributed by atoms with Crippen LogP contribution in [0.4, 0.5) is 10.1 Å². The molecule has 0 aliphatic carbocycles. The normalized spacial score (nSPS) is 14.7.